The lowest BCUT2D eigenvalue weighted by atomic mass is 10.0. The summed E-state index contributed by atoms with van der Waals surface area (Å²) in [5, 5.41) is 9.13. The van der Waals surface area contributed by atoms with E-state index in [0.717, 1.165) is 32.2 Å². The number of rotatable bonds is 9. The Labute approximate surface area is 133 Å². The summed E-state index contributed by atoms with van der Waals surface area (Å²) in [5.74, 6) is -0.333. The maximum atomic E-state index is 12.6. The van der Waals surface area contributed by atoms with Gasteiger partial charge in [-0.3, -0.25) is 9.69 Å². The van der Waals surface area contributed by atoms with Gasteiger partial charge in [-0.1, -0.05) is 13.3 Å². The van der Waals surface area contributed by atoms with E-state index in [1.54, 1.807) is 11.8 Å². The molecule has 0 unspecified atom stereocenters. The average molecular weight is 314 g/mol. The summed E-state index contributed by atoms with van der Waals surface area (Å²) in [6, 6.07) is -0.441. The number of piperidine rings is 1. The topological polar surface area (TPSA) is 70.1 Å². The number of carbonyl (C=O) groups excluding carboxylic acids is 2. The normalized spacial score (nSPS) is 18.5. The number of carbonyl (C=O) groups is 2. The number of ether oxygens (including phenoxy) is 1. The van der Waals surface area contributed by atoms with Gasteiger partial charge in [0.15, 0.2) is 0 Å². The van der Waals surface area contributed by atoms with Crippen molar-refractivity contribution >= 4 is 11.9 Å². The van der Waals surface area contributed by atoms with Crippen LogP contribution in [0.5, 0.6) is 0 Å². The third-order valence-corrected chi connectivity index (χ3v) is 3.98. The number of hydrogen-bond donors (Lipinski definition) is 1. The van der Waals surface area contributed by atoms with Crippen molar-refractivity contribution in [2.24, 2.45) is 0 Å². The average Bonchev–Trinajstić information content (AvgIpc) is 2.53. The van der Waals surface area contributed by atoms with Crippen LogP contribution in [0.25, 0.3) is 0 Å². The van der Waals surface area contributed by atoms with E-state index in [4.69, 9.17) is 9.84 Å². The zero-order valence-corrected chi connectivity index (χ0v) is 13.9. The molecule has 1 saturated heterocycles. The second kappa shape index (κ2) is 10.6. The minimum Gasteiger partial charge on any atom is -0.464 e. The molecule has 0 aromatic heterocycles. The summed E-state index contributed by atoms with van der Waals surface area (Å²) < 4.78 is 5.09. The van der Waals surface area contributed by atoms with Crippen LogP contribution in [0.15, 0.2) is 0 Å². The van der Waals surface area contributed by atoms with Gasteiger partial charge < -0.3 is 14.7 Å². The summed E-state index contributed by atoms with van der Waals surface area (Å²) >= 11 is 0. The number of nitrogens with zero attached hydrogens (tertiary/aromatic N) is 2. The van der Waals surface area contributed by atoms with Crippen molar-refractivity contribution in [2.45, 2.75) is 52.0 Å². The van der Waals surface area contributed by atoms with E-state index in [-0.39, 0.29) is 25.0 Å². The lowest BCUT2D eigenvalue weighted by Gasteiger charge is -2.35. The van der Waals surface area contributed by atoms with Crippen molar-refractivity contribution in [2.75, 3.05) is 39.4 Å². The molecule has 22 heavy (non-hydrogen) atoms. The highest BCUT2D eigenvalue weighted by Gasteiger charge is 2.33. The van der Waals surface area contributed by atoms with Gasteiger partial charge in [0.1, 0.15) is 6.04 Å². The van der Waals surface area contributed by atoms with Gasteiger partial charge in [0.25, 0.3) is 0 Å². The van der Waals surface area contributed by atoms with Crippen LogP contribution in [0.1, 0.15) is 46.0 Å². The number of unbranched alkanes of at least 4 members (excludes halogenated alkanes) is 1. The van der Waals surface area contributed by atoms with E-state index < -0.39 is 6.04 Å². The lowest BCUT2D eigenvalue weighted by molar-refractivity contribution is -0.157. The van der Waals surface area contributed by atoms with Crippen molar-refractivity contribution in [3.63, 3.8) is 0 Å². The summed E-state index contributed by atoms with van der Waals surface area (Å²) in [7, 11) is 0. The van der Waals surface area contributed by atoms with Gasteiger partial charge >= 0.3 is 5.97 Å². The molecular formula is C16H30N2O4. The van der Waals surface area contributed by atoms with E-state index in [9.17, 15) is 9.59 Å². The van der Waals surface area contributed by atoms with Crippen molar-refractivity contribution in [1.29, 1.82) is 0 Å². The molecule has 1 aliphatic heterocycles. The first kappa shape index (κ1) is 18.9. The molecule has 1 heterocycles. The molecule has 1 rings (SSSR count). The Bertz CT molecular complexity index is 349. The number of esters is 1. The molecule has 0 aromatic rings. The molecule has 1 N–H and O–H groups in total. The van der Waals surface area contributed by atoms with Crippen LogP contribution in [0.2, 0.25) is 0 Å². The van der Waals surface area contributed by atoms with E-state index >= 15 is 0 Å². The Morgan fingerprint density at radius 1 is 1.27 bits per heavy atom. The molecule has 0 spiro atoms. The van der Waals surface area contributed by atoms with Gasteiger partial charge in [-0.05, 0) is 39.2 Å². The van der Waals surface area contributed by atoms with Crippen molar-refractivity contribution in [3.8, 4) is 0 Å². The predicted molar refractivity (Wildman–Crippen MR) is 84.4 cm³/mol. The first-order chi connectivity index (χ1) is 10.6. The molecule has 1 atom stereocenters. The van der Waals surface area contributed by atoms with Crippen LogP contribution in [0.3, 0.4) is 0 Å². The summed E-state index contributed by atoms with van der Waals surface area (Å²) in [6.07, 6.45) is 4.60. The Hall–Kier alpha value is -1.14. The number of amides is 1. The van der Waals surface area contributed by atoms with Crippen LogP contribution in [-0.2, 0) is 14.3 Å². The number of aliphatic hydroxyl groups excluding tert-OH is 1. The molecule has 0 aromatic carbocycles. The highest BCUT2D eigenvalue weighted by atomic mass is 16.5. The summed E-state index contributed by atoms with van der Waals surface area (Å²) in [4.78, 5) is 28.2. The van der Waals surface area contributed by atoms with Gasteiger partial charge in [-0.25, -0.2) is 4.79 Å². The van der Waals surface area contributed by atoms with E-state index in [2.05, 4.69) is 6.92 Å². The first-order valence-electron chi connectivity index (χ1n) is 8.43. The highest BCUT2D eigenvalue weighted by Crippen LogP contribution is 2.18. The van der Waals surface area contributed by atoms with Crippen LogP contribution >= 0.6 is 0 Å². The van der Waals surface area contributed by atoms with Gasteiger partial charge in [0, 0.05) is 13.1 Å². The van der Waals surface area contributed by atoms with Crippen LogP contribution in [-0.4, -0.2) is 72.2 Å². The van der Waals surface area contributed by atoms with Crippen LogP contribution < -0.4 is 0 Å². The second-order valence-electron chi connectivity index (χ2n) is 5.70. The predicted octanol–water partition coefficient (Wildman–Crippen LogP) is 1.03. The van der Waals surface area contributed by atoms with Gasteiger partial charge in [0.05, 0.1) is 19.8 Å². The zero-order chi connectivity index (χ0) is 16.4. The second-order valence-corrected chi connectivity index (χ2v) is 5.70. The van der Waals surface area contributed by atoms with Crippen LogP contribution in [0.4, 0.5) is 0 Å². The Kier molecular flexibility index (Phi) is 9.08. The quantitative estimate of drug-likeness (QED) is 0.644. The number of hydrogen-bond acceptors (Lipinski definition) is 5. The molecule has 0 radical (unpaired) electrons. The van der Waals surface area contributed by atoms with Gasteiger partial charge in [-0.15, -0.1) is 0 Å². The fraction of sp³-hybridized carbons (Fsp3) is 0.875. The molecule has 128 valence electrons. The Morgan fingerprint density at radius 2 is 2.05 bits per heavy atom. The summed E-state index contributed by atoms with van der Waals surface area (Å²) in [5.41, 5.74) is 0. The van der Waals surface area contributed by atoms with Crippen molar-refractivity contribution < 1.29 is 19.4 Å². The number of aliphatic hydroxyl groups is 1. The fourth-order valence-electron chi connectivity index (χ4n) is 2.79. The first-order valence-corrected chi connectivity index (χ1v) is 8.43. The fourth-order valence-corrected chi connectivity index (χ4v) is 2.79. The molecular weight excluding hydrogens is 284 g/mol. The van der Waals surface area contributed by atoms with Crippen LogP contribution in [0, 0.1) is 0 Å². The molecule has 6 nitrogen and oxygen atoms in total. The minimum atomic E-state index is -0.441. The third kappa shape index (κ3) is 5.93. The lowest BCUT2D eigenvalue weighted by Crippen LogP contribution is -2.52. The standard InChI is InChI=1S/C16H30N2O4/c1-3-5-9-17(11-12-19)13-15(20)18-10-7-6-8-14(18)16(21)22-4-2/h14,19H,3-13H2,1-2H3/t14-/m1/s1. The van der Waals surface area contributed by atoms with Crippen molar-refractivity contribution in [3.05, 3.63) is 0 Å². The minimum absolute atomic E-state index is 0.0395. The third-order valence-electron chi connectivity index (χ3n) is 3.98. The van der Waals surface area contributed by atoms with Gasteiger partial charge in [-0.2, -0.15) is 0 Å². The van der Waals surface area contributed by atoms with E-state index in [1.165, 1.54) is 0 Å². The maximum absolute atomic E-state index is 12.6. The Morgan fingerprint density at radius 3 is 2.68 bits per heavy atom. The monoisotopic (exact) mass is 314 g/mol. The molecule has 0 aliphatic carbocycles. The molecule has 1 fully saturated rings. The SMILES string of the molecule is CCCCN(CCO)CC(=O)N1CCCC[C@@H]1C(=O)OCC. The van der Waals surface area contributed by atoms with E-state index in [0.29, 0.717) is 26.1 Å². The number of likely N-dealkylation sites (tertiary alicyclic amines) is 1. The molecule has 1 amide bonds. The van der Waals surface area contributed by atoms with Gasteiger partial charge in [0.2, 0.25) is 5.91 Å². The highest BCUT2D eigenvalue weighted by molar-refractivity contribution is 5.85. The smallest absolute Gasteiger partial charge is 0.328 e. The maximum Gasteiger partial charge on any atom is 0.328 e. The van der Waals surface area contributed by atoms with E-state index in [1.807, 2.05) is 4.90 Å². The zero-order valence-electron chi connectivity index (χ0n) is 13.9. The molecule has 6 heteroatoms. The largest absolute Gasteiger partial charge is 0.464 e. The molecule has 0 bridgehead atoms. The summed E-state index contributed by atoms with van der Waals surface area (Å²) in [6.45, 7) is 6.41. The van der Waals surface area contributed by atoms with Crippen molar-refractivity contribution in [1.82, 2.24) is 9.80 Å². The molecule has 0 saturated carbocycles. The molecule has 1 aliphatic rings. The Balaban J connectivity index is 2.63.